The second-order valence-corrected chi connectivity index (χ2v) is 4.83. The van der Waals surface area contributed by atoms with Gasteiger partial charge in [-0.1, -0.05) is 44.0 Å². The zero-order valence-electron chi connectivity index (χ0n) is 10.3. The van der Waals surface area contributed by atoms with Crippen LogP contribution in [0.3, 0.4) is 0 Å². The summed E-state index contributed by atoms with van der Waals surface area (Å²) in [4.78, 5) is 0. The zero-order chi connectivity index (χ0) is 12.1. The van der Waals surface area contributed by atoms with E-state index in [1.807, 2.05) is 19.1 Å². The molecule has 0 aliphatic heterocycles. The Labute approximate surface area is 103 Å². The number of benzene rings is 1. The highest BCUT2D eigenvalue weighted by molar-refractivity contribution is 6.31. The molecule has 1 aromatic carbocycles. The van der Waals surface area contributed by atoms with E-state index in [4.69, 9.17) is 17.4 Å². The summed E-state index contributed by atoms with van der Waals surface area (Å²) < 4.78 is 0. The Balaban J connectivity index is 2.90. The van der Waals surface area contributed by atoms with Gasteiger partial charge in [-0.3, -0.25) is 11.3 Å². The minimum absolute atomic E-state index is 0.179. The van der Waals surface area contributed by atoms with Gasteiger partial charge >= 0.3 is 0 Å². The molecule has 2 nitrogen and oxygen atoms in total. The third kappa shape index (κ3) is 3.21. The van der Waals surface area contributed by atoms with Crippen LogP contribution >= 0.6 is 11.6 Å². The third-order valence-electron chi connectivity index (χ3n) is 3.05. The average Bonchev–Trinajstić information content (AvgIpc) is 2.25. The third-order valence-corrected chi connectivity index (χ3v) is 3.45. The largest absolute Gasteiger partial charge is 0.271 e. The molecule has 0 bridgehead atoms. The summed E-state index contributed by atoms with van der Waals surface area (Å²) in [6.45, 7) is 6.40. The van der Waals surface area contributed by atoms with Crippen molar-refractivity contribution in [1.29, 1.82) is 0 Å². The molecule has 2 unspecified atom stereocenters. The molecule has 16 heavy (non-hydrogen) atoms. The highest BCUT2D eigenvalue weighted by Crippen LogP contribution is 2.27. The first kappa shape index (κ1) is 13.5. The van der Waals surface area contributed by atoms with Crippen LogP contribution in [0.5, 0.6) is 0 Å². The van der Waals surface area contributed by atoms with E-state index in [0.29, 0.717) is 5.92 Å². The smallest absolute Gasteiger partial charge is 0.0486 e. The molecule has 0 radical (unpaired) electrons. The highest BCUT2D eigenvalue weighted by atomic mass is 35.5. The van der Waals surface area contributed by atoms with Gasteiger partial charge in [-0.2, -0.15) is 0 Å². The fraction of sp³-hybridized carbons (Fsp3) is 0.538. The molecule has 0 fully saturated rings. The second kappa shape index (κ2) is 6.24. The average molecular weight is 241 g/mol. The summed E-state index contributed by atoms with van der Waals surface area (Å²) in [6.07, 6.45) is 2.32. The van der Waals surface area contributed by atoms with E-state index in [1.54, 1.807) is 0 Å². The van der Waals surface area contributed by atoms with Crippen LogP contribution < -0.4 is 11.3 Å². The lowest BCUT2D eigenvalue weighted by atomic mass is 9.91. The van der Waals surface area contributed by atoms with Gasteiger partial charge in [0.1, 0.15) is 0 Å². The molecule has 1 aromatic rings. The van der Waals surface area contributed by atoms with E-state index in [-0.39, 0.29) is 6.04 Å². The van der Waals surface area contributed by atoms with E-state index in [1.165, 1.54) is 12.0 Å². The number of halogens is 1. The van der Waals surface area contributed by atoms with Crippen molar-refractivity contribution in [3.63, 3.8) is 0 Å². The summed E-state index contributed by atoms with van der Waals surface area (Å²) in [5.74, 6) is 6.14. The van der Waals surface area contributed by atoms with Crippen LogP contribution in [0.1, 0.15) is 43.9 Å². The Morgan fingerprint density at radius 3 is 2.62 bits per heavy atom. The monoisotopic (exact) mass is 240 g/mol. The molecule has 0 aromatic heterocycles. The van der Waals surface area contributed by atoms with Crippen molar-refractivity contribution in [2.24, 2.45) is 11.8 Å². The van der Waals surface area contributed by atoms with Gasteiger partial charge in [-0.15, -0.1) is 0 Å². The molecule has 0 aliphatic rings. The van der Waals surface area contributed by atoms with Crippen LogP contribution in [0.15, 0.2) is 18.2 Å². The molecule has 90 valence electrons. The van der Waals surface area contributed by atoms with Crippen molar-refractivity contribution < 1.29 is 0 Å². The SMILES string of the molecule is CCCC(C)C(NN)c1ccc(C)c(Cl)c1. The Bertz CT molecular complexity index is 339. The number of hydrazine groups is 1. The fourth-order valence-corrected chi connectivity index (χ4v) is 2.20. The van der Waals surface area contributed by atoms with E-state index >= 15 is 0 Å². The van der Waals surface area contributed by atoms with Crippen molar-refractivity contribution in [2.45, 2.75) is 39.7 Å². The maximum atomic E-state index is 6.13. The minimum Gasteiger partial charge on any atom is -0.271 e. The van der Waals surface area contributed by atoms with Gasteiger partial charge < -0.3 is 0 Å². The Hall–Kier alpha value is -0.570. The number of nitrogens with two attached hydrogens (primary N) is 1. The standard InChI is InChI=1S/C13H21ClN2/c1-4-5-10(3)13(16-15)11-7-6-9(2)12(14)8-11/h6-8,10,13,16H,4-5,15H2,1-3H3. The molecule has 0 aliphatic carbocycles. The van der Waals surface area contributed by atoms with Gasteiger partial charge in [0.2, 0.25) is 0 Å². The summed E-state index contributed by atoms with van der Waals surface area (Å²) in [5, 5.41) is 0.807. The number of hydrogen-bond donors (Lipinski definition) is 2. The van der Waals surface area contributed by atoms with Crippen molar-refractivity contribution >= 4 is 11.6 Å². The zero-order valence-corrected chi connectivity index (χ0v) is 11.0. The fourth-order valence-electron chi connectivity index (χ4n) is 2.01. The van der Waals surface area contributed by atoms with Gasteiger partial charge in [0.05, 0.1) is 0 Å². The summed E-state index contributed by atoms with van der Waals surface area (Å²) in [6, 6.07) is 6.32. The Morgan fingerprint density at radius 1 is 1.44 bits per heavy atom. The van der Waals surface area contributed by atoms with E-state index in [0.717, 1.165) is 17.0 Å². The van der Waals surface area contributed by atoms with Crippen LogP contribution in [0.2, 0.25) is 5.02 Å². The van der Waals surface area contributed by atoms with Crippen molar-refractivity contribution in [2.75, 3.05) is 0 Å². The lowest BCUT2D eigenvalue weighted by Gasteiger charge is -2.23. The van der Waals surface area contributed by atoms with Crippen LogP contribution in [0, 0.1) is 12.8 Å². The lowest BCUT2D eigenvalue weighted by molar-refractivity contribution is 0.368. The first-order valence-corrected chi connectivity index (χ1v) is 6.20. The molecule has 3 heteroatoms. The molecule has 1 rings (SSSR count). The molecule has 2 atom stereocenters. The van der Waals surface area contributed by atoms with Gasteiger partial charge in [0.15, 0.2) is 0 Å². The first-order valence-electron chi connectivity index (χ1n) is 5.82. The number of hydrogen-bond acceptors (Lipinski definition) is 2. The van der Waals surface area contributed by atoms with Crippen molar-refractivity contribution in [3.05, 3.63) is 34.3 Å². The molecular weight excluding hydrogens is 220 g/mol. The number of nitrogens with one attached hydrogen (secondary N) is 1. The molecule has 0 saturated carbocycles. The van der Waals surface area contributed by atoms with Gasteiger partial charge in [0.25, 0.3) is 0 Å². The van der Waals surface area contributed by atoms with Gasteiger partial charge in [-0.05, 0) is 36.5 Å². The van der Waals surface area contributed by atoms with E-state index in [9.17, 15) is 0 Å². The van der Waals surface area contributed by atoms with Crippen molar-refractivity contribution in [1.82, 2.24) is 5.43 Å². The quantitative estimate of drug-likeness (QED) is 0.610. The molecule has 0 amide bonds. The van der Waals surface area contributed by atoms with E-state index in [2.05, 4.69) is 25.3 Å². The Kier molecular flexibility index (Phi) is 5.26. The summed E-state index contributed by atoms with van der Waals surface area (Å²) in [5.41, 5.74) is 5.16. The van der Waals surface area contributed by atoms with Crippen LogP contribution in [0.4, 0.5) is 0 Å². The van der Waals surface area contributed by atoms with Crippen LogP contribution in [-0.4, -0.2) is 0 Å². The van der Waals surface area contributed by atoms with E-state index < -0.39 is 0 Å². The Morgan fingerprint density at radius 2 is 2.12 bits per heavy atom. The van der Waals surface area contributed by atoms with Gasteiger partial charge in [-0.25, -0.2) is 0 Å². The lowest BCUT2D eigenvalue weighted by Crippen LogP contribution is -2.32. The minimum atomic E-state index is 0.179. The summed E-state index contributed by atoms with van der Waals surface area (Å²) >= 11 is 6.13. The topological polar surface area (TPSA) is 38.0 Å². The molecule has 3 N–H and O–H groups in total. The highest BCUT2D eigenvalue weighted by Gasteiger charge is 2.17. The maximum absolute atomic E-state index is 6.13. The molecular formula is C13H21ClN2. The number of aryl methyl sites for hydroxylation is 1. The molecule has 0 heterocycles. The molecule has 0 spiro atoms. The first-order chi connectivity index (χ1) is 7.60. The second-order valence-electron chi connectivity index (χ2n) is 4.42. The maximum Gasteiger partial charge on any atom is 0.0486 e. The predicted molar refractivity (Wildman–Crippen MR) is 70.3 cm³/mol. The van der Waals surface area contributed by atoms with Crippen LogP contribution in [-0.2, 0) is 0 Å². The predicted octanol–water partition coefficient (Wildman–Crippen LogP) is 3.59. The van der Waals surface area contributed by atoms with Crippen molar-refractivity contribution in [3.8, 4) is 0 Å². The number of rotatable bonds is 5. The van der Waals surface area contributed by atoms with Crippen LogP contribution in [0.25, 0.3) is 0 Å². The molecule has 0 saturated heterocycles. The normalized spacial score (nSPS) is 14.8. The summed E-state index contributed by atoms with van der Waals surface area (Å²) in [7, 11) is 0. The van der Waals surface area contributed by atoms with Gasteiger partial charge in [0, 0.05) is 11.1 Å².